The number of allylic oxidation sites excluding steroid dienone is 2. The zero-order valence-corrected chi connectivity index (χ0v) is 22.9. The van der Waals surface area contributed by atoms with E-state index in [0.29, 0.717) is 22.4 Å². The molecule has 0 aromatic heterocycles. The number of halogens is 1. The smallest absolute Gasteiger partial charge is 0.320 e. The van der Waals surface area contributed by atoms with Gasteiger partial charge in [-0.2, -0.15) is 0 Å². The summed E-state index contributed by atoms with van der Waals surface area (Å²) < 4.78 is 13.5. The third-order valence-electron chi connectivity index (χ3n) is 5.86. The molecule has 0 aliphatic carbocycles. The minimum Gasteiger partial charge on any atom is -0.531 e. The van der Waals surface area contributed by atoms with Crippen LogP contribution in [0.4, 0.5) is 0 Å². The molecule has 3 aromatic carbocycles. The maximum atomic E-state index is 11.1. The van der Waals surface area contributed by atoms with Crippen LogP contribution in [-0.2, 0) is 6.42 Å². The van der Waals surface area contributed by atoms with Crippen molar-refractivity contribution in [1.29, 1.82) is 0 Å². The molecule has 0 saturated heterocycles. The van der Waals surface area contributed by atoms with Crippen LogP contribution in [-0.4, -0.2) is 20.5 Å². The van der Waals surface area contributed by atoms with Gasteiger partial charge in [-0.1, -0.05) is 93.1 Å². The van der Waals surface area contributed by atoms with Crippen molar-refractivity contribution in [1.82, 2.24) is 0 Å². The Kier molecular flexibility index (Phi) is 7.75. The summed E-state index contributed by atoms with van der Waals surface area (Å²) in [5.41, 5.74) is 1.98. The van der Waals surface area contributed by atoms with E-state index in [1.165, 1.54) is 5.57 Å². The molecule has 0 spiro atoms. The van der Waals surface area contributed by atoms with Gasteiger partial charge in [-0.25, -0.2) is 0 Å². The van der Waals surface area contributed by atoms with Crippen LogP contribution in [0.5, 0.6) is 17.2 Å². The van der Waals surface area contributed by atoms with Crippen molar-refractivity contribution >= 4 is 34.6 Å². The third kappa shape index (κ3) is 5.04. The number of hydrogen-bond acceptors (Lipinski definition) is 3. The fourth-order valence-electron chi connectivity index (χ4n) is 4.17. The number of phenols is 1. The number of aromatic hydroxyl groups is 1. The summed E-state index contributed by atoms with van der Waals surface area (Å²) in [6, 6.07) is 22.7. The summed E-state index contributed by atoms with van der Waals surface area (Å²) in [5, 5.41) is 13.2. The second kappa shape index (κ2) is 10.2. The SMILES string of the molecule is COc1cc(CC=C(C)C)c(O)c(Br)c1O[Si](c1ccccc1)(c1ccccc1)C(C)(C)C. The fourth-order valence-corrected chi connectivity index (χ4v) is 9.29. The van der Waals surface area contributed by atoms with Gasteiger partial charge in [-0.05, 0) is 57.7 Å². The van der Waals surface area contributed by atoms with Crippen LogP contribution in [0.25, 0.3) is 0 Å². The van der Waals surface area contributed by atoms with Gasteiger partial charge in [0.2, 0.25) is 0 Å². The molecule has 0 atom stereocenters. The Balaban J connectivity index is 2.29. The van der Waals surface area contributed by atoms with Gasteiger partial charge in [0.25, 0.3) is 0 Å². The Bertz CT molecular complexity index is 1080. The first kappa shape index (κ1) is 25.1. The van der Waals surface area contributed by atoms with Gasteiger partial charge in [0.15, 0.2) is 11.5 Å². The van der Waals surface area contributed by atoms with E-state index in [9.17, 15) is 5.11 Å². The fraction of sp³-hybridized carbons (Fsp3) is 0.286. The normalized spacial score (nSPS) is 11.7. The zero-order valence-electron chi connectivity index (χ0n) is 20.3. The Morgan fingerprint density at radius 2 is 1.48 bits per heavy atom. The minimum atomic E-state index is -2.88. The lowest BCUT2D eigenvalue weighted by molar-refractivity contribution is 0.381. The van der Waals surface area contributed by atoms with Gasteiger partial charge in [0.05, 0.1) is 7.11 Å². The molecule has 1 N–H and O–H groups in total. The number of hydrogen-bond donors (Lipinski definition) is 1. The molecular formula is C28H33BrO3Si. The standard InChI is InChI=1S/C28H33BrO3Si/c1-20(2)17-18-21-19-24(31-6)27(25(29)26(21)30)32-33(28(3,4)5,22-13-9-7-10-14-22)23-15-11-8-12-16-23/h7-17,19,30H,18H2,1-6H3. The van der Waals surface area contributed by atoms with E-state index in [2.05, 4.69) is 91.3 Å². The molecule has 0 amide bonds. The molecule has 0 bridgehead atoms. The van der Waals surface area contributed by atoms with Crippen molar-refractivity contribution in [3.8, 4) is 17.2 Å². The molecule has 5 heteroatoms. The Morgan fingerprint density at radius 1 is 0.970 bits per heavy atom. The molecule has 0 radical (unpaired) electrons. The second-order valence-corrected chi connectivity index (χ2v) is 14.5. The van der Waals surface area contributed by atoms with E-state index in [4.69, 9.17) is 9.16 Å². The van der Waals surface area contributed by atoms with Crippen LogP contribution in [0.15, 0.2) is 82.9 Å². The molecule has 0 saturated carbocycles. The van der Waals surface area contributed by atoms with Crippen molar-refractivity contribution < 1.29 is 14.3 Å². The highest BCUT2D eigenvalue weighted by Crippen LogP contribution is 2.47. The highest BCUT2D eigenvalue weighted by molar-refractivity contribution is 9.10. The molecule has 3 rings (SSSR count). The Labute approximate surface area is 207 Å². The molecule has 0 fully saturated rings. The van der Waals surface area contributed by atoms with Crippen LogP contribution >= 0.6 is 15.9 Å². The monoisotopic (exact) mass is 524 g/mol. The number of phenolic OH excluding ortho intramolecular Hbond substituents is 1. The van der Waals surface area contributed by atoms with Gasteiger partial charge >= 0.3 is 8.32 Å². The van der Waals surface area contributed by atoms with Crippen LogP contribution < -0.4 is 19.5 Å². The topological polar surface area (TPSA) is 38.7 Å². The third-order valence-corrected chi connectivity index (χ3v) is 11.5. The van der Waals surface area contributed by atoms with Gasteiger partial charge in [0, 0.05) is 5.56 Å². The Morgan fingerprint density at radius 3 is 1.91 bits per heavy atom. The quantitative estimate of drug-likeness (QED) is 0.279. The lowest BCUT2D eigenvalue weighted by Gasteiger charge is -2.43. The van der Waals surface area contributed by atoms with E-state index < -0.39 is 8.32 Å². The largest absolute Gasteiger partial charge is 0.531 e. The van der Waals surface area contributed by atoms with Crippen molar-refractivity contribution in [2.45, 2.75) is 46.1 Å². The summed E-state index contributed by atoms with van der Waals surface area (Å²) in [7, 11) is -1.24. The number of methoxy groups -OCH3 is 1. The van der Waals surface area contributed by atoms with Crippen LogP contribution in [0.2, 0.25) is 5.04 Å². The van der Waals surface area contributed by atoms with Gasteiger partial charge in [0.1, 0.15) is 10.2 Å². The molecule has 174 valence electrons. The van der Waals surface area contributed by atoms with Crippen molar-refractivity contribution in [3.05, 3.63) is 88.4 Å². The lowest BCUT2D eigenvalue weighted by Crippen LogP contribution is -2.68. The molecule has 0 aliphatic rings. The number of benzene rings is 3. The van der Waals surface area contributed by atoms with Crippen molar-refractivity contribution in [2.75, 3.05) is 7.11 Å². The van der Waals surface area contributed by atoms with E-state index in [1.54, 1.807) is 7.11 Å². The Hall–Kier alpha value is -2.50. The van der Waals surface area contributed by atoms with Gasteiger partial charge < -0.3 is 14.3 Å². The summed E-state index contributed by atoms with van der Waals surface area (Å²) in [6.45, 7) is 10.8. The summed E-state index contributed by atoms with van der Waals surface area (Å²) in [6.07, 6.45) is 2.70. The minimum absolute atomic E-state index is 0.182. The van der Waals surface area contributed by atoms with Gasteiger partial charge in [-0.3, -0.25) is 0 Å². The van der Waals surface area contributed by atoms with E-state index in [1.807, 2.05) is 32.0 Å². The molecule has 0 heterocycles. The van der Waals surface area contributed by atoms with E-state index in [0.717, 1.165) is 15.9 Å². The predicted molar refractivity (Wildman–Crippen MR) is 144 cm³/mol. The summed E-state index contributed by atoms with van der Waals surface area (Å²) in [5.74, 6) is 1.32. The summed E-state index contributed by atoms with van der Waals surface area (Å²) in [4.78, 5) is 0. The number of rotatable bonds is 7. The van der Waals surface area contributed by atoms with Crippen LogP contribution in [0, 0.1) is 0 Å². The van der Waals surface area contributed by atoms with E-state index in [-0.39, 0.29) is 10.8 Å². The number of ether oxygens (including phenoxy) is 1. The van der Waals surface area contributed by atoms with Crippen molar-refractivity contribution in [2.24, 2.45) is 0 Å². The molecule has 0 unspecified atom stereocenters. The highest BCUT2D eigenvalue weighted by Gasteiger charge is 2.52. The first-order valence-corrected chi connectivity index (χ1v) is 13.8. The lowest BCUT2D eigenvalue weighted by atomic mass is 10.1. The van der Waals surface area contributed by atoms with Crippen LogP contribution in [0.1, 0.15) is 40.2 Å². The average molecular weight is 526 g/mol. The van der Waals surface area contributed by atoms with Crippen LogP contribution in [0.3, 0.4) is 0 Å². The van der Waals surface area contributed by atoms with Gasteiger partial charge in [-0.15, -0.1) is 0 Å². The molecular weight excluding hydrogens is 492 g/mol. The first-order chi connectivity index (χ1) is 15.6. The predicted octanol–water partition coefficient (Wildman–Crippen LogP) is 6.61. The second-order valence-electron chi connectivity index (χ2n) is 9.48. The maximum absolute atomic E-state index is 11.1. The average Bonchev–Trinajstić information content (AvgIpc) is 2.79. The maximum Gasteiger partial charge on any atom is 0.320 e. The molecule has 3 nitrogen and oxygen atoms in total. The molecule has 3 aromatic rings. The highest BCUT2D eigenvalue weighted by atomic mass is 79.9. The summed E-state index contributed by atoms with van der Waals surface area (Å²) >= 11 is 3.64. The molecule has 33 heavy (non-hydrogen) atoms. The van der Waals surface area contributed by atoms with E-state index >= 15 is 0 Å². The zero-order chi connectivity index (χ0) is 24.2. The van der Waals surface area contributed by atoms with Crippen molar-refractivity contribution in [3.63, 3.8) is 0 Å². The molecule has 0 aliphatic heterocycles. The first-order valence-electron chi connectivity index (χ1n) is 11.1.